The fourth-order valence-electron chi connectivity index (χ4n) is 1.93. The molecule has 0 spiro atoms. The predicted octanol–water partition coefficient (Wildman–Crippen LogP) is 3.11. The quantitative estimate of drug-likeness (QED) is 0.796. The predicted molar refractivity (Wildman–Crippen MR) is 83.3 cm³/mol. The van der Waals surface area contributed by atoms with Crippen molar-refractivity contribution in [3.05, 3.63) is 35.6 Å². The average Bonchev–Trinajstić information content (AvgIpc) is 3.04. The molecule has 1 aliphatic heterocycles. The lowest BCUT2D eigenvalue weighted by Gasteiger charge is -2.32. The maximum Gasteiger partial charge on any atom is 0.514 e. The second kappa shape index (κ2) is 4.69. The Morgan fingerprint density at radius 1 is 1.20 bits per heavy atom. The van der Waals surface area contributed by atoms with E-state index in [-0.39, 0.29) is 23.7 Å². The van der Waals surface area contributed by atoms with Crippen LogP contribution >= 0.6 is 11.3 Å². The van der Waals surface area contributed by atoms with Crippen LogP contribution in [-0.2, 0) is 9.31 Å². The average molecular weight is 290 g/mol. The SMILES string of the molecule is [2H]c1c(B2OC(C)(C)C(C)(C)O2)nc(-c2cccs2)c([2H])c1[2H]. The van der Waals surface area contributed by atoms with E-state index >= 15 is 0 Å². The molecule has 0 amide bonds. The van der Waals surface area contributed by atoms with Crippen molar-refractivity contribution in [2.45, 2.75) is 38.9 Å². The third kappa shape index (κ3) is 2.30. The summed E-state index contributed by atoms with van der Waals surface area (Å²) in [5.74, 6) is 0. The summed E-state index contributed by atoms with van der Waals surface area (Å²) in [7, 11) is -0.809. The number of hydrogen-bond acceptors (Lipinski definition) is 4. The minimum Gasteiger partial charge on any atom is -0.398 e. The zero-order valence-corrected chi connectivity index (χ0v) is 12.8. The Labute approximate surface area is 128 Å². The van der Waals surface area contributed by atoms with Gasteiger partial charge in [-0.1, -0.05) is 12.1 Å². The third-order valence-electron chi connectivity index (χ3n) is 3.83. The van der Waals surface area contributed by atoms with E-state index in [4.69, 9.17) is 13.4 Å². The summed E-state index contributed by atoms with van der Waals surface area (Å²) in [6, 6.07) is 3.40. The van der Waals surface area contributed by atoms with E-state index in [1.807, 2.05) is 45.2 Å². The Hall–Kier alpha value is -1.17. The topological polar surface area (TPSA) is 31.4 Å². The molecule has 0 bridgehead atoms. The van der Waals surface area contributed by atoms with Crippen LogP contribution in [0.3, 0.4) is 0 Å². The third-order valence-corrected chi connectivity index (χ3v) is 4.71. The highest BCUT2D eigenvalue weighted by atomic mass is 32.1. The van der Waals surface area contributed by atoms with Gasteiger partial charge in [0.25, 0.3) is 0 Å². The molecule has 0 aliphatic carbocycles. The number of nitrogens with zero attached hydrogens (tertiary/aromatic N) is 1. The summed E-state index contributed by atoms with van der Waals surface area (Å²) in [5, 5.41) is 1.89. The molecule has 1 aliphatic rings. The van der Waals surface area contributed by atoms with Gasteiger partial charge in [0, 0.05) is 0 Å². The van der Waals surface area contributed by atoms with Gasteiger partial charge in [-0.2, -0.15) is 0 Å². The van der Waals surface area contributed by atoms with Crippen molar-refractivity contribution in [3.63, 3.8) is 0 Å². The Morgan fingerprint density at radius 2 is 1.90 bits per heavy atom. The van der Waals surface area contributed by atoms with Crippen LogP contribution in [0.2, 0.25) is 0 Å². The van der Waals surface area contributed by atoms with Crippen molar-refractivity contribution in [1.82, 2.24) is 4.98 Å². The smallest absolute Gasteiger partial charge is 0.398 e. The van der Waals surface area contributed by atoms with Crippen molar-refractivity contribution in [1.29, 1.82) is 0 Å². The zero-order valence-electron chi connectivity index (χ0n) is 15.0. The van der Waals surface area contributed by atoms with Crippen molar-refractivity contribution in [2.75, 3.05) is 0 Å². The minimum absolute atomic E-state index is 0.0438. The van der Waals surface area contributed by atoms with Crippen LogP contribution in [0.25, 0.3) is 10.6 Å². The fourth-order valence-corrected chi connectivity index (χ4v) is 2.60. The molecule has 5 heteroatoms. The Kier molecular flexibility index (Phi) is 2.47. The second-order valence-electron chi connectivity index (χ2n) is 5.79. The molecule has 0 N–H and O–H groups in total. The van der Waals surface area contributed by atoms with Gasteiger partial charge in [-0.05, 0) is 51.2 Å². The Balaban J connectivity index is 2.11. The standard InChI is InChI=1S/C15H18BNO2S/c1-14(2)15(3,4)19-16(18-14)13-9-5-7-11(17-13)12-8-6-10-20-12/h5-10H,1-4H3/i5D,7D,9D. The van der Waals surface area contributed by atoms with E-state index < -0.39 is 18.3 Å². The minimum atomic E-state index is -0.809. The highest BCUT2D eigenvalue weighted by Gasteiger charge is 2.52. The van der Waals surface area contributed by atoms with Crippen molar-refractivity contribution in [2.24, 2.45) is 0 Å². The molecule has 0 unspecified atom stereocenters. The summed E-state index contributed by atoms with van der Waals surface area (Å²) in [4.78, 5) is 5.25. The van der Waals surface area contributed by atoms with E-state index in [2.05, 4.69) is 4.98 Å². The van der Waals surface area contributed by atoms with Crippen LogP contribution in [0.4, 0.5) is 0 Å². The summed E-state index contributed by atoms with van der Waals surface area (Å²) >= 11 is 1.45. The molecule has 1 fully saturated rings. The molecule has 1 saturated heterocycles. The first-order valence-electron chi connectivity index (χ1n) is 8.01. The van der Waals surface area contributed by atoms with Gasteiger partial charge in [-0.25, -0.2) is 0 Å². The van der Waals surface area contributed by atoms with Gasteiger partial charge in [-0.3, -0.25) is 4.98 Å². The van der Waals surface area contributed by atoms with Crippen molar-refractivity contribution >= 4 is 24.0 Å². The van der Waals surface area contributed by atoms with Gasteiger partial charge in [0.2, 0.25) is 0 Å². The maximum atomic E-state index is 8.16. The lowest BCUT2D eigenvalue weighted by molar-refractivity contribution is 0.00578. The van der Waals surface area contributed by atoms with Crippen LogP contribution in [0, 0.1) is 0 Å². The first kappa shape index (κ1) is 10.5. The van der Waals surface area contributed by atoms with Crippen LogP contribution in [0.1, 0.15) is 31.8 Å². The maximum absolute atomic E-state index is 8.16. The van der Waals surface area contributed by atoms with Crippen LogP contribution in [0.5, 0.6) is 0 Å². The molecule has 0 saturated carbocycles. The van der Waals surface area contributed by atoms with Gasteiger partial charge >= 0.3 is 7.12 Å². The number of hydrogen-bond donors (Lipinski definition) is 0. The van der Waals surface area contributed by atoms with Gasteiger partial charge in [0.15, 0.2) is 0 Å². The van der Waals surface area contributed by atoms with Crippen LogP contribution < -0.4 is 5.59 Å². The van der Waals surface area contributed by atoms with Gasteiger partial charge in [-0.15, -0.1) is 11.3 Å². The highest BCUT2D eigenvalue weighted by molar-refractivity contribution is 7.13. The molecule has 20 heavy (non-hydrogen) atoms. The second-order valence-corrected chi connectivity index (χ2v) is 6.73. The van der Waals surface area contributed by atoms with E-state index in [0.717, 1.165) is 4.88 Å². The monoisotopic (exact) mass is 290 g/mol. The lowest BCUT2D eigenvalue weighted by Crippen LogP contribution is -2.41. The van der Waals surface area contributed by atoms with E-state index in [1.165, 1.54) is 11.3 Å². The van der Waals surface area contributed by atoms with Crippen molar-refractivity contribution in [3.8, 4) is 10.6 Å². The molecule has 2 aromatic heterocycles. The molecule has 2 aromatic rings. The number of pyridine rings is 1. The van der Waals surface area contributed by atoms with E-state index in [9.17, 15) is 0 Å². The largest absolute Gasteiger partial charge is 0.514 e. The molecule has 0 radical (unpaired) electrons. The molecule has 104 valence electrons. The number of thiophene rings is 1. The van der Waals surface area contributed by atoms with Gasteiger partial charge in [0.1, 0.15) is 0 Å². The summed E-state index contributed by atoms with van der Waals surface area (Å²) in [6.45, 7) is 7.71. The molecule has 3 heterocycles. The molecule has 0 atom stereocenters. The lowest BCUT2D eigenvalue weighted by atomic mass is 9.84. The van der Waals surface area contributed by atoms with Crippen molar-refractivity contribution < 1.29 is 13.4 Å². The highest BCUT2D eigenvalue weighted by Crippen LogP contribution is 2.36. The number of aromatic nitrogens is 1. The summed E-state index contributed by atoms with van der Waals surface area (Å²) in [6.07, 6.45) is 0. The molecule has 3 rings (SSSR count). The molecular weight excluding hydrogens is 269 g/mol. The normalized spacial score (nSPS) is 22.4. The number of rotatable bonds is 2. The van der Waals surface area contributed by atoms with E-state index in [1.54, 1.807) is 0 Å². The van der Waals surface area contributed by atoms with Crippen LogP contribution in [0.15, 0.2) is 35.6 Å². The van der Waals surface area contributed by atoms with Crippen LogP contribution in [-0.4, -0.2) is 23.3 Å². The fraction of sp³-hybridized carbons (Fsp3) is 0.400. The Morgan fingerprint density at radius 3 is 2.50 bits per heavy atom. The Bertz CT molecular complexity index is 734. The zero-order chi connectivity index (χ0) is 17.0. The first-order chi connectivity index (χ1) is 10.6. The summed E-state index contributed by atoms with van der Waals surface area (Å²) in [5.41, 5.74) is -0.438. The van der Waals surface area contributed by atoms with E-state index in [0.29, 0.717) is 5.69 Å². The molecule has 0 aromatic carbocycles. The first-order valence-corrected chi connectivity index (χ1v) is 7.39. The van der Waals surface area contributed by atoms with Gasteiger partial charge in [0.05, 0.1) is 31.5 Å². The molecular formula is C15H18BNO2S. The van der Waals surface area contributed by atoms with Gasteiger partial charge < -0.3 is 9.31 Å². The summed E-state index contributed by atoms with van der Waals surface area (Å²) < 4.78 is 36.2. The molecule has 3 nitrogen and oxygen atoms in total.